The third kappa shape index (κ3) is 7.60. The maximum absolute atomic E-state index is 12.4. The molecular weight excluding hydrogens is 604 g/mol. The Bertz CT molecular complexity index is 1970. The van der Waals surface area contributed by atoms with Crippen LogP contribution in [0.4, 0.5) is 17.6 Å². The van der Waals surface area contributed by atoms with E-state index in [2.05, 4.69) is 52.3 Å². The molecule has 1 fully saturated rings. The zero-order chi connectivity index (χ0) is 33.6. The Morgan fingerprint density at radius 3 is 2.79 bits per heavy atom. The summed E-state index contributed by atoms with van der Waals surface area (Å²) in [5.41, 5.74) is 5.36. The second-order valence-corrected chi connectivity index (χ2v) is 12.7. The summed E-state index contributed by atoms with van der Waals surface area (Å²) in [5, 5.41) is 19.3. The highest BCUT2D eigenvalue weighted by Crippen LogP contribution is 2.31. The van der Waals surface area contributed by atoms with Gasteiger partial charge < -0.3 is 26.2 Å². The minimum absolute atomic E-state index is 0.0832. The molecule has 248 valence electrons. The predicted octanol–water partition coefficient (Wildman–Crippen LogP) is 5.07. The lowest BCUT2D eigenvalue weighted by Gasteiger charge is -2.22. The Morgan fingerprint density at radius 1 is 1.12 bits per heavy atom. The lowest BCUT2D eigenvalue weighted by Crippen LogP contribution is -2.36. The minimum Gasteiger partial charge on any atom is -0.356 e. The topological polar surface area (TPSA) is 141 Å². The molecule has 0 spiro atoms. The number of benzene rings is 2. The largest absolute Gasteiger partial charge is 0.356 e. The lowest BCUT2D eigenvalue weighted by molar-refractivity contribution is -0.123. The molecule has 0 saturated carbocycles. The van der Waals surface area contributed by atoms with Crippen LogP contribution >= 0.6 is 0 Å². The van der Waals surface area contributed by atoms with Crippen molar-refractivity contribution in [2.75, 3.05) is 49.7 Å². The van der Waals surface area contributed by atoms with Crippen LogP contribution in [0.1, 0.15) is 43.7 Å². The molecule has 2 aromatic carbocycles. The number of amides is 2. The number of carbonyl (C=O) groups is 2. The van der Waals surface area contributed by atoms with Crippen LogP contribution in [-0.2, 0) is 16.1 Å². The standard InChI is InChI=1S/C36H42N10O2/c1-23(2)30-22-41-46-34(30)43-35(39-20-24-13-15-37-32(48)18-24)44-36(46)40-21-26-8-5-6-9-28(26)33-29-12-11-27(19-25(29)14-16-38-33)42-31(47)10-7-17-45(3)4/h5-12,14,16,19,22-24H,13,15,17-18,20-21H2,1-4H3,(H,37,48)(H,42,47)(H2,39,40,43,44)/b10-7+. The maximum atomic E-state index is 12.4. The predicted molar refractivity (Wildman–Crippen MR) is 190 cm³/mol. The number of anilines is 3. The fraction of sp³-hybridized carbons (Fsp3) is 0.333. The highest BCUT2D eigenvalue weighted by atomic mass is 16.2. The molecule has 12 nitrogen and oxygen atoms in total. The number of fused-ring (bicyclic) bond motifs is 2. The van der Waals surface area contributed by atoms with Crippen molar-refractivity contribution in [1.29, 1.82) is 0 Å². The first kappa shape index (κ1) is 32.6. The van der Waals surface area contributed by atoms with Crippen molar-refractivity contribution >= 4 is 45.8 Å². The van der Waals surface area contributed by atoms with Crippen molar-refractivity contribution in [3.63, 3.8) is 0 Å². The van der Waals surface area contributed by atoms with Crippen LogP contribution in [0, 0.1) is 5.92 Å². The average molecular weight is 647 g/mol. The summed E-state index contributed by atoms with van der Waals surface area (Å²) in [5.74, 6) is 1.43. The highest BCUT2D eigenvalue weighted by Gasteiger charge is 2.21. The third-order valence-corrected chi connectivity index (χ3v) is 8.40. The number of likely N-dealkylation sites (N-methyl/N-ethyl adjacent to an activating group) is 1. The van der Waals surface area contributed by atoms with Gasteiger partial charge in [0, 0.05) is 67.1 Å². The van der Waals surface area contributed by atoms with E-state index in [-0.39, 0.29) is 23.7 Å². The van der Waals surface area contributed by atoms with Gasteiger partial charge in [-0.15, -0.1) is 0 Å². The van der Waals surface area contributed by atoms with Gasteiger partial charge in [-0.1, -0.05) is 50.3 Å². The molecule has 4 heterocycles. The fourth-order valence-corrected chi connectivity index (χ4v) is 5.86. The van der Waals surface area contributed by atoms with Crippen molar-refractivity contribution in [2.45, 2.75) is 39.2 Å². The molecule has 1 atom stereocenters. The number of nitrogens with one attached hydrogen (secondary N) is 4. The van der Waals surface area contributed by atoms with Gasteiger partial charge in [0.25, 0.3) is 0 Å². The van der Waals surface area contributed by atoms with Crippen LogP contribution < -0.4 is 21.3 Å². The van der Waals surface area contributed by atoms with Crippen molar-refractivity contribution in [3.8, 4) is 11.3 Å². The molecular formula is C36H42N10O2. The molecule has 2 amide bonds. The van der Waals surface area contributed by atoms with Gasteiger partial charge in [0.2, 0.25) is 23.7 Å². The Kier molecular flexibility index (Phi) is 9.91. The number of hydrogen-bond acceptors (Lipinski definition) is 9. The normalized spacial score (nSPS) is 15.0. The van der Waals surface area contributed by atoms with Gasteiger partial charge >= 0.3 is 0 Å². The van der Waals surface area contributed by atoms with Gasteiger partial charge in [0.05, 0.1) is 11.9 Å². The molecule has 1 aliphatic heterocycles. The number of rotatable bonds is 12. The molecule has 3 aromatic heterocycles. The number of hydrogen-bond donors (Lipinski definition) is 4. The summed E-state index contributed by atoms with van der Waals surface area (Å²) in [4.78, 5) is 40.8. The van der Waals surface area contributed by atoms with Crippen LogP contribution in [-0.4, -0.2) is 75.0 Å². The molecule has 6 rings (SSSR count). The van der Waals surface area contributed by atoms with E-state index in [4.69, 9.17) is 15.0 Å². The van der Waals surface area contributed by atoms with Gasteiger partial charge in [-0.3, -0.25) is 14.6 Å². The van der Waals surface area contributed by atoms with E-state index in [1.807, 2.05) is 67.7 Å². The van der Waals surface area contributed by atoms with Crippen molar-refractivity contribution in [3.05, 3.63) is 84.2 Å². The van der Waals surface area contributed by atoms with E-state index < -0.39 is 0 Å². The molecule has 12 heteroatoms. The van der Waals surface area contributed by atoms with E-state index in [0.29, 0.717) is 44.5 Å². The van der Waals surface area contributed by atoms with Gasteiger partial charge in [-0.25, -0.2) is 0 Å². The van der Waals surface area contributed by atoms with Crippen molar-refractivity contribution < 1.29 is 9.59 Å². The average Bonchev–Trinajstić information content (AvgIpc) is 3.51. The van der Waals surface area contributed by atoms with E-state index in [0.717, 1.165) is 50.9 Å². The first-order valence-electron chi connectivity index (χ1n) is 16.3. The monoisotopic (exact) mass is 646 g/mol. The second-order valence-electron chi connectivity index (χ2n) is 12.7. The molecule has 1 aliphatic rings. The van der Waals surface area contributed by atoms with Crippen LogP contribution in [0.25, 0.3) is 27.7 Å². The molecule has 0 bridgehead atoms. The second kappa shape index (κ2) is 14.6. The molecule has 1 saturated heterocycles. The number of nitrogens with zero attached hydrogens (tertiary/aromatic N) is 6. The molecule has 48 heavy (non-hydrogen) atoms. The smallest absolute Gasteiger partial charge is 0.248 e. The van der Waals surface area contributed by atoms with Gasteiger partial charge in [0.15, 0.2) is 5.65 Å². The van der Waals surface area contributed by atoms with Gasteiger partial charge in [-0.05, 0) is 61.5 Å². The summed E-state index contributed by atoms with van der Waals surface area (Å²) in [6, 6.07) is 16.0. The summed E-state index contributed by atoms with van der Waals surface area (Å²) in [6.45, 7) is 6.70. The third-order valence-electron chi connectivity index (χ3n) is 8.40. The molecule has 0 aliphatic carbocycles. The molecule has 0 radical (unpaired) electrons. The first-order chi connectivity index (χ1) is 23.2. The first-order valence-corrected chi connectivity index (χ1v) is 16.3. The quantitative estimate of drug-likeness (QED) is 0.137. The van der Waals surface area contributed by atoms with Gasteiger partial charge in [-0.2, -0.15) is 19.6 Å². The van der Waals surface area contributed by atoms with Crippen LogP contribution in [0.2, 0.25) is 0 Å². The van der Waals surface area contributed by atoms with E-state index in [1.165, 1.54) is 0 Å². The zero-order valence-corrected chi connectivity index (χ0v) is 27.8. The number of aromatic nitrogens is 5. The fourth-order valence-electron chi connectivity index (χ4n) is 5.86. The van der Waals surface area contributed by atoms with E-state index in [9.17, 15) is 9.59 Å². The lowest BCUT2D eigenvalue weighted by atomic mass is 9.98. The Hall–Kier alpha value is -5.36. The van der Waals surface area contributed by atoms with Gasteiger partial charge in [0.1, 0.15) is 0 Å². The van der Waals surface area contributed by atoms with E-state index in [1.54, 1.807) is 16.8 Å². The Morgan fingerprint density at radius 2 is 1.98 bits per heavy atom. The van der Waals surface area contributed by atoms with Crippen LogP contribution in [0.3, 0.4) is 0 Å². The number of pyridine rings is 1. The van der Waals surface area contributed by atoms with Crippen LogP contribution in [0.15, 0.2) is 73.1 Å². The van der Waals surface area contributed by atoms with Crippen molar-refractivity contribution in [1.82, 2.24) is 34.8 Å². The Labute approximate surface area is 280 Å². The molecule has 4 N–H and O–H groups in total. The minimum atomic E-state index is -0.168. The van der Waals surface area contributed by atoms with Crippen molar-refractivity contribution in [2.24, 2.45) is 5.92 Å². The summed E-state index contributed by atoms with van der Waals surface area (Å²) >= 11 is 0. The number of piperidine rings is 1. The van der Waals surface area contributed by atoms with E-state index >= 15 is 0 Å². The number of carbonyl (C=O) groups excluding carboxylic acids is 2. The van der Waals surface area contributed by atoms with Crippen LogP contribution in [0.5, 0.6) is 0 Å². The molecule has 1 unspecified atom stereocenters. The highest BCUT2D eigenvalue weighted by molar-refractivity contribution is 6.02. The zero-order valence-electron chi connectivity index (χ0n) is 27.8. The summed E-state index contributed by atoms with van der Waals surface area (Å²) in [6.07, 6.45) is 8.44. The summed E-state index contributed by atoms with van der Waals surface area (Å²) in [7, 11) is 3.91. The maximum Gasteiger partial charge on any atom is 0.248 e. The molecule has 5 aromatic rings. The summed E-state index contributed by atoms with van der Waals surface area (Å²) < 4.78 is 1.75. The Balaban J connectivity index is 1.25. The SMILES string of the molecule is CC(C)c1cnn2c(NCc3ccccc3-c3nccc4cc(NC(=O)/C=C/CN(C)C)ccc34)nc(NCC3CCNC(=O)C3)nc12.